The van der Waals surface area contributed by atoms with Crippen molar-refractivity contribution in [1.82, 2.24) is 28.2 Å². The van der Waals surface area contributed by atoms with E-state index in [-0.39, 0.29) is 6.04 Å². The third-order valence-corrected chi connectivity index (χ3v) is 23.5. The van der Waals surface area contributed by atoms with Crippen LogP contribution in [0.4, 0.5) is 96.7 Å². The van der Waals surface area contributed by atoms with Gasteiger partial charge in [-0.05, 0) is 258 Å². The van der Waals surface area contributed by atoms with Crippen LogP contribution in [-0.2, 0) is 6.42 Å². The van der Waals surface area contributed by atoms with Crippen molar-refractivity contribution in [2.24, 2.45) is 0 Å². The Bertz CT molecular complexity index is 7210. The minimum absolute atomic E-state index is 0.115. The van der Waals surface area contributed by atoms with Crippen LogP contribution in [0, 0.1) is 0 Å². The number of hydrogen-bond acceptors (Lipinski definition) is 9. The zero-order valence-corrected chi connectivity index (χ0v) is 67.1. The number of nitrogens with zero attached hydrogens (tertiary/aromatic N) is 12. The smallest absolute Gasteiger partial charge is 0.225 e. The number of imidazole rings is 3. The monoisotopic (exact) mass is 1580 g/mol. The molecule has 584 valence electrons. The molecule has 22 rings (SSSR count). The van der Waals surface area contributed by atoms with Crippen LogP contribution in [0.25, 0.3) is 78.9 Å². The molecular formula is C111H80N12. The van der Waals surface area contributed by atoms with Gasteiger partial charge in [0.05, 0.1) is 39.5 Å². The molecule has 4 aromatic heterocycles. The maximum atomic E-state index is 5.80. The lowest BCUT2D eigenvalue weighted by Gasteiger charge is -2.33. The Hall–Kier alpha value is -16.6. The van der Waals surface area contributed by atoms with Gasteiger partial charge in [0, 0.05) is 103 Å². The lowest BCUT2D eigenvalue weighted by atomic mass is 9.99. The maximum Gasteiger partial charge on any atom is 0.225 e. The molecular weight excluding hydrogens is 1500 g/mol. The highest BCUT2D eigenvalue weighted by Gasteiger charge is 2.31. The zero-order valence-electron chi connectivity index (χ0n) is 67.1. The fourth-order valence-corrected chi connectivity index (χ4v) is 17.7. The van der Waals surface area contributed by atoms with Crippen LogP contribution >= 0.6 is 0 Å². The van der Waals surface area contributed by atoms with Gasteiger partial charge in [-0.25, -0.2) is 28.2 Å². The third-order valence-electron chi connectivity index (χ3n) is 23.5. The maximum absolute atomic E-state index is 5.80. The number of fused-ring (bicyclic) bond motifs is 12. The van der Waals surface area contributed by atoms with Crippen molar-refractivity contribution in [2.75, 3.05) is 29.4 Å². The first-order valence-corrected chi connectivity index (χ1v) is 41.7. The van der Waals surface area contributed by atoms with Crippen LogP contribution in [0.1, 0.15) is 11.4 Å². The molecule has 1 atom stereocenters. The Labute approximate surface area is 713 Å². The molecule has 0 amide bonds. The lowest BCUT2D eigenvalue weighted by molar-refractivity contribution is 0.752. The van der Waals surface area contributed by atoms with E-state index in [1.165, 1.54) is 0 Å². The van der Waals surface area contributed by atoms with Crippen LogP contribution < -0.4 is 29.4 Å². The third kappa shape index (κ3) is 13.7. The van der Waals surface area contributed by atoms with Crippen LogP contribution in [0.3, 0.4) is 0 Å². The number of anilines is 17. The highest BCUT2D eigenvalue weighted by molar-refractivity contribution is 5.95. The summed E-state index contributed by atoms with van der Waals surface area (Å²) in [5, 5.41) is 0. The molecule has 21 aromatic rings. The molecule has 0 saturated carbocycles. The fourth-order valence-electron chi connectivity index (χ4n) is 17.7. The molecule has 12 nitrogen and oxygen atoms in total. The second-order valence-corrected chi connectivity index (χ2v) is 30.9. The SMILES string of the molecule is C1=CC(N(c2ccccc2)c2ccc(-c3ccc(N(c4ccccc4)c4ccccc4)cc3)cc2)Cc2nc3n(c21)c1nc2cc(N(c4ccccc4)c4ccc(-c5ccc(N(c6ccccc6)c6ccccc6)cc5)cc4)ccc2n1c1nc2cc(N(c4ccccc4)c4ccc(-c5ccc(N(c6ccccc6)c6ccccc6)cc5)cc4)ccc2n31. The second-order valence-electron chi connectivity index (χ2n) is 30.9. The molecule has 0 fully saturated rings. The first-order valence-electron chi connectivity index (χ1n) is 41.7. The van der Waals surface area contributed by atoms with Gasteiger partial charge in [0.15, 0.2) is 0 Å². The second kappa shape index (κ2) is 31.7. The van der Waals surface area contributed by atoms with E-state index in [1.807, 2.05) is 0 Å². The van der Waals surface area contributed by atoms with E-state index >= 15 is 0 Å². The minimum Gasteiger partial charge on any atom is -0.334 e. The van der Waals surface area contributed by atoms with Gasteiger partial charge < -0.3 is 29.4 Å². The molecule has 0 saturated heterocycles. The average molecular weight is 1580 g/mol. The van der Waals surface area contributed by atoms with Gasteiger partial charge in [0.1, 0.15) is 0 Å². The summed E-state index contributed by atoms with van der Waals surface area (Å²) in [6, 6.07) is 162. The summed E-state index contributed by atoms with van der Waals surface area (Å²) in [6.45, 7) is 0. The number of hydrogen-bond donors (Lipinski definition) is 0. The molecule has 1 aliphatic rings. The highest BCUT2D eigenvalue weighted by Crippen LogP contribution is 2.45. The Morgan fingerprint density at radius 3 is 0.691 bits per heavy atom. The summed E-state index contributed by atoms with van der Waals surface area (Å²) in [6.07, 6.45) is 5.21. The number of benzene rings is 17. The predicted molar refractivity (Wildman–Crippen MR) is 509 cm³/mol. The molecule has 12 heteroatoms. The lowest BCUT2D eigenvalue weighted by Crippen LogP contribution is -2.33. The van der Waals surface area contributed by atoms with Crippen LogP contribution in [-0.4, -0.2) is 34.2 Å². The Kier molecular flexibility index (Phi) is 18.8. The molecule has 1 unspecified atom stereocenters. The molecule has 0 bridgehead atoms. The molecule has 0 N–H and O–H groups in total. The summed E-state index contributed by atoms with van der Waals surface area (Å²) in [4.78, 5) is 31.3. The van der Waals surface area contributed by atoms with Gasteiger partial charge in [-0.15, -0.1) is 0 Å². The molecule has 4 heterocycles. The molecule has 0 spiro atoms. The van der Waals surface area contributed by atoms with E-state index in [4.69, 9.17) is 15.0 Å². The first kappa shape index (κ1) is 72.9. The summed E-state index contributed by atoms with van der Waals surface area (Å²) in [5.74, 6) is 2.12. The number of aromatic nitrogens is 6. The summed E-state index contributed by atoms with van der Waals surface area (Å²) in [5.41, 5.74) is 30.0. The molecule has 0 aliphatic heterocycles. The van der Waals surface area contributed by atoms with Crippen molar-refractivity contribution in [2.45, 2.75) is 12.5 Å². The van der Waals surface area contributed by atoms with E-state index < -0.39 is 0 Å². The Morgan fingerprint density at radius 1 is 0.203 bits per heavy atom. The Balaban J connectivity index is 0.639. The predicted octanol–water partition coefficient (Wildman–Crippen LogP) is 29.1. The van der Waals surface area contributed by atoms with Crippen LogP contribution in [0.15, 0.2) is 461 Å². The van der Waals surface area contributed by atoms with Crippen LogP contribution in [0.5, 0.6) is 0 Å². The quantitative estimate of drug-likeness (QED) is 0.0700. The van der Waals surface area contributed by atoms with Gasteiger partial charge in [0.2, 0.25) is 17.3 Å². The van der Waals surface area contributed by atoms with Crippen molar-refractivity contribution < 1.29 is 0 Å². The van der Waals surface area contributed by atoms with Crippen LogP contribution in [0.2, 0.25) is 0 Å². The van der Waals surface area contributed by atoms with Gasteiger partial charge in [-0.3, -0.25) is 0 Å². The van der Waals surface area contributed by atoms with Crippen molar-refractivity contribution in [3.8, 4) is 33.4 Å². The van der Waals surface area contributed by atoms with E-state index in [0.717, 1.165) is 169 Å². The highest BCUT2D eigenvalue weighted by atomic mass is 15.3. The summed E-state index contributed by atoms with van der Waals surface area (Å²) in [7, 11) is 0. The summed E-state index contributed by atoms with van der Waals surface area (Å²) >= 11 is 0. The molecule has 1 aliphatic carbocycles. The fraction of sp³-hybridized carbons (Fsp3) is 0.0180. The largest absolute Gasteiger partial charge is 0.334 e. The molecule has 17 aromatic carbocycles. The van der Waals surface area contributed by atoms with E-state index in [1.54, 1.807) is 0 Å². The van der Waals surface area contributed by atoms with Crippen molar-refractivity contribution >= 4 is 142 Å². The first-order chi connectivity index (χ1) is 61.0. The number of rotatable bonds is 21. The van der Waals surface area contributed by atoms with Gasteiger partial charge in [0.25, 0.3) is 0 Å². The normalized spacial score (nSPS) is 12.4. The minimum atomic E-state index is -0.115. The summed E-state index contributed by atoms with van der Waals surface area (Å²) < 4.78 is 6.72. The number of para-hydroxylation sites is 9. The topological polar surface area (TPSA) is 71.3 Å². The van der Waals surface area contributed by atoms with Crippen molar-refractivity contribution in [1.29, 1.82) is 0 Å². The van der Waals surface area contributed by atoms with E-state index in [9.17, 15) is 0 Å². The van der Waals surface area contributed by atoms with E-state index in [2.05, 4.69) is 510 Å². The molecule has 0 radical (unpaired) electrons. The van der Waals surface area contributed by atoms with Crippen molar-refractivity contribution in [3.05, 3.63) is 472 Å². The van der Waals surface area contributed by atoms with Gasteiger partial charge in [-0.1, -0.05) is 243 Å². The zero-order chi connectivity index (χ0) is 81.5. The molecule has 123 heavy (non-hydrogen) atoms. The average Bonchev–Trinajstić information content (AvgIpc) is 1.53. The van der Waals surface area contributed by atoms with E-state index in [0.29, 0.717) is 18.0 Å². The Morgan fingerprint density at radius 2 is 0.415 bits per heavy atom. The van der Waals surface area contributed by atoms with Crippen molar-refractivity contribution in [3.63, 3.8) is 0 Å². The van der Waals surface area contributed by atoms with Gasteiger partial charge >= 0.3 is 0 Å². The van der Waals surface area contributed by atoms with Gasteiger partial charge in [-0.2, -0.15) is 0 Å². The standard InChI is InChI=1S/C111H80N12/c1-10-28-85(29-11-1)115(86-30-12-2-13-31-86)94-58-46-79(47-59-94)82-52-64-97(65-53-82)118(91-40-22-7-23-41-91)100-70-73-106-103(76-100)112-109-121(106)110-113-105-78-102(120(93-44-26-9-27-45-93)99-68-56-84(57-69-99)81-50-62-96(63-51-81)117(89-36-18-5-19-37-89)90-38-20-6-21-39-90)72-75-108(105)123(110)111-114-104-77-101(71-74-107(104)122(109)111)119(92-42-24-8-25-43-92)98-66-54-83(55-67-98)80-48-60-95(61-49-80)116(87-32-14-3-15-33-87)88-34-16-4-17-35-88/h1-77,102H,78H2.